The highest BCUT2D eigenvalue weighted by atomic mass is 16.6. The van der Waals surface area contributed by atoms with E-state index in [1.807, 2.05) is 31.2 Å². The zero-order valence-corrected chi connectivity index (χ0v) is 12.8. The molecule has 2 amide bonds. The standard InChI is InChI=1S/C17H17N3O3/c1-10-9-23-17(22)20(10)14-5-4-12-8-18-15(7-13(12)6-14)19-16(21)11-2-3-11/h4-8,10-11H,2-3,9H2,1H3,(H,18,19,21)/t10-/m0/s1. The largest absolute Gasteiger partial charge is 0.447 e. The van der Waals surface area contributed by atoms with E-state index in [1.165, 1.54) is 0 Å². The summed E-state index contributed by atoms with van der Waals surface area (Å²) in [6.45, 7) is 2.35. The molecule has 2 heterocycles. The van der Waals surface area contributed by atoms with E-state index in [1.54, 1.807) is 11.1 Å². The van der Waals surface area contributed by atoms with Crippen LogP contribution in [0.5, 0.6) is 0 Å². The number of nitrogens with one attached hydrogen (secondary N) is 1. The zero-order chi connectivity index (χ0) is 16.0. The minimum absolute atomic E-state index is 0.0100. The average molecular weight is 311 g/mol. The van der Waals surface area contributed by atoms with E-state index in [0.717, 1.165) is 29.3 Å². The topological polar surface area (TPSA) is 71.5 Å². The molecule has 1 saturated carbocycles. The zero-order valence-electron chi connectivity index (χ0n) is 12.8. The molecule has 4 rings (SSSR count). The molecule has 2 aromatic rings. The predicted octanol–water partition coefficient (Wildman–Crippen LogP) is 2.93. The Hall–Kier alpha value is -2.63. The number of carbonyl (C=O) groups excluding carboxylic acids is 2. The van der Waals surface area contributed by atoms with Gasteiger partial charge in [0.05, 0.1) is 6.04 Å². The molecule has 1 aromatic carbocycles. The molecule has 1 aliphatic carbocycles. The molecule has 0 spiro atoms. The molecule has 1 N–H and O–H groups in total. The molecule has 1 saturated heterocycles. The number of anilines is 2. The Morgan fingerprint density at radius 2 is 2.13 bits per heavy atom. The van der Waals surface area contributed by atoms with Crippen molar-refractivity contribution in [1.29, 1.82) is 0 Å². The summed E-state index contributed by atoms with van der Waals surface area (Å²) in [5.74, 6) is 0.715. The van der Waals surface area contributed by atoms with Gasteiger partial charge in [-0.05, 0) is 43.4 Å². The first-order valence-electron chi connectivity index (χ1n) is 7.78. The van der Waals surface area contributed by atoms with E-state index in [-0.39, 0.29) is 24.0 Å². The molecule has 2 fully saturated rings. The van der Waals surface area contributed by atoms with Crippen LogP contribution in [0.15, 0.2) is 30.5 Å². The molecular formula is C17H17N3O3. The minimum atomic E-state index is -0.326. The summed E-state index contributed by atoms with van der Waals surface area (Å²) in [7, 11) is 0. The van der Waals surface area contributed by atoms with E-state index in [2.05, 4.69) is 10.3 Å². The van der Waals surface area contributed by atoms with Gasteiger partial charge in [0.15, 0.2) is 0 Å². The molecule has 1 atom stereocenters. The molecule has 0 unspecified atom stereocenters. The van der Waals surface area contributed by atoms with Crippen LogP contribution in [0.4, 0.5) is 16.3 Å². The molecule has 6 nitrogen and oxygen atoms in total. The maximum absolute atomic E-state index is 11.9. The fraction of sp³-hybridized carbons (Fsp3) is 0.353. The number of benzene rings is 1. The Morgan fingerprint density at radius 1 is 1.30 bits per heavy atom. The second kappa shape index (κ2) is 5.22. The first kappa shape index (κ1) is 14.0. The number of ether oxygens (including phenoxy) is 1. The van der Waals surface area contributed by atoms with Crippen molar-refractivity contribution in [2.45, 2.75) is 25.8 Å². The highest BCUT2D eigenvalue weighted by Crippen LogP contribution is 2.31. The summed E-state index contributed by atoms with van der Waals surface area (Å²) < 4.78 is 5.07. The molecule has 1 aliphatic heterocycles. The number of amides is 2. The smallest absolute Gasteiger partial charge is 0.414 e. The SMILES string of the molecule is C[C@H]1COC(=O)N1c1ccc2cnc(NC(=O)C3CC3)cc2c1. The number of nitrogens with zero attached hydrogens (tertiary/aromatic N) is 2. The third kappa shape index (κ3) is 2.60. The maximum Gasteiger partial charge on any atom is 0.414 e. The number of hydrogen-bond acceptors (Lipinski definition) is 4. The van der Waals surface area contributed by atoms with Gasteiger partial charge in [-0.3, -0.25) is 9.69 Å². The van der Waals surface area contributed by atoms with Crippen LogP contribution in [0, 0.1) is 5.92 Å². The van der Waals surface area contributed by atoms with Crippen LogP contribution in [0.1, 0.15) is 19.8 Å². The van der Waals surface area contributed by atoms with Crippen LogP contribution in [0.3, 0.4) is 0 Å². The van der Waals surface area contributed by atoms with E-state index in [9.17, 15) is 9.59 Å². The first-order valence-corrected chi connectivity index (χ1v) is 7.78. The summed E-state index contributed by atoms with van der Waals surface area (Å²) in [4.78, 5) is 29.6. The van der Waals surface area contributed by atoms with Gasteiger partial charge in [0.25, 0.3) is 0 Å². The highest BCUT2D eigenvalue weighted by Gasteiger charge is 2.31. The van der Waals surface area contributed by atoms with Crippen LogP contribution < -0.4 is 10.2 Å². The van der Waals surface area contributed by atoms with Gasteiger partial charge in [-0.15, -0.1) is 0 Å². The van der Waals surface area contributed by atoms with Crippen LogP contribution in [0.25, 0.3) is 10.8 Å². The third-order valence-electron chi connectivity index (χ3n) is 4.27. The molecule has 118 valence electrons. The van der Waals surface area contributed by atoms with Crippen molar-refractivity contribution in [2.24, 2.45) is 5.92 Å². The molecule has 0 bridgehead atoms. The van der Waals surface area contributed by atoms with E-state index >= 15 is 0 Å². The fourth-order valence-corrected chi connectivity index (χ4v) is 2.80. The summed E-state index contributed by atoms with van der Waals surface area (Å²) in [5, 5.41) is 4.73. The lowest BCUT2D eigenvalue weighted by Gasteiger charge is -2.18. The van der Waals surface area contributed by atoms with Crippen molar-refractivity contribution >= 4 is 34.3 Å². The van der Waals surface area contributed by atoms with Crippen molar-refractivity contribution < 1.29 is 14.3 Å². The fourth-order valence-electron chi connectivity index (χ4n) is 2.80. The van der Waals surface area contributed by atoms with Gasteiger partial charge in [-0.1, -0.05) is 6.07 Å². The number of rotatable bonds is 3. The Morgan fingerprint density at radius 3 is 2.83 bits per heavy atom. The Labute approximate surface area is 133 Å². The van der Waals surface area contributed by atoms with Gasteiger partial charge >= 0.3 is 6.09 Å². The van der Waals surface area contributed by atoms with Gasteiger partial charge in [-0.25, -0.2) is 9.78 Å². The van der Waals surface area contributed by atoms with Crippen molar-refractivity contribution in [3.05, 3.63) is 30.5 Å². The van der Waals surface area contributed by atoms with E-state index in [4.69, 9.17) is 4.74 Å². The molecule has 2 aliphatic rings. The Kier molecular flexibility index (Phi) is 3.18. The van der Waals surface area contributed by atoms with Crippen molar-refractivity contribution in [3.8, 4) is 0 Å². The van der Waals surface area contributed by atoms with Gasteiger partial charge in [-0.2, -0.15) is 0 Å². The van der Waals surface area contributed by atoms with E-state index in [0.29, 0.717) is 12.4 Å². The van der Waals surface area contributed by atoms with Crippen molar-refractivity contribution in [3.63, 3.8) is 0 Å². The second-order valence-corrected chi connectivity index (χ2v) is 6.16. The predicted molar refractivity (Wildman–Crippen MR) is 86.4 cm³/mol. The van der Waals surface area contributed by atoms with Crippen molar-refractivity contribution in [2.75, 3.05) is 16.8 Å². The summed E-state index contributed by atoms with van der Waals surface area (Å²) in [5.41, 5.74) is 0.790. The lowest BCUT2D eigenvalue weighted by molar-refractivity contribution is -0.117. The van der Waals surface area contributed by atoms with Gasteiger partial charge in [0.1, 0.15) is 12.4 Å². The minimum Gasteiger partial charge on any atom is -0.447 e. The molecule has 1 aromatic heterocycles. The highest BCUT2D eigenvalue weighted by molar-refractivity contribution is 5.97. The van der Waals surface area contributed by atoms with Crippen molar-refractivity contribution in [1.82, 2.24) is 4.98 Å². The van der Waals surface area contributed by atoms with Crippen LogP contribution in [-0.4, -0.2) is 29.6 Å². The number of pyridine rings is 1. The van der Waals surface area contributed by atoms with Crippen LogP contribution >= 0.6 is 0 Å². The van der Waals surface area contributed by atoms with Gasteiger partial charge < -0.3 is 10.1 Å². The second-order valence-electron chi connectivity index (χ2n) is 6.16. The van der Waals surface area contributed by atoms with Gasteiger partial charge in [0.2, 0.25) is 5.91 Å². The number of fused-ring (bicyclic) bond motifs is 1. The normalized spacial score (nSPS) is 20.7. The lowest BCUT2D eigenvalue weighted by Crippen LogP contribution is -2.30. The maximum atomic E-state index is 11.9. The Bertz CT molecular complexity index is 801. The number of carbonyl (C=O) groups is 2. The number of aromatic nitrogens is 1. The molecule has 0 radical (unpaired) electrons. The van der Waals surface area contributed by atoms with E-state index < -0.39 is 0 Å². The summed E-state index contributed by atoms with van der Waals surface area (Å²) in [6.07, 6.45) is 3.32. The average Bonchev–Trinajstić information content (AvgIpc) is 3.33. The molecule has 6 heteroatoms. The Balaban J connectivity index is 1.66. The quantitative estimate of drug-likeness (QED) is 0.946. The van der Waals surface area contributed by atoms with Gasteiger partial charge in [0, 0.05) is 23.2 Å². The third-order valence-corrected chi connectivity index (χ3v) is 4.27. The molecule has 23 heavy (non-hydrogen) atoms. The first-order chi connectivity index (χ1) is 11.1. The monoisotopic (exact) mass is 311 g/mol. The van der Waals surface area contributed by atoms with Crippen LogP contribution in [-0.2, 0) is 9.53 Å². The number of hydrogen-bond donors (Lipinski definition) is 1. The molecular weight excluding hydrogens is 294 g/mol. The lowest BCUT2D eigenvalue weighted by atomic mass is 10.1. The summed E-state index contributed by atoms with van der Waals surface area (Å²) in [6, 6.07) is 7.58. The number of cyclic esters (lactones) is 1. The summed E-state index contributed by atoms with van der Waals surface area (Å²) >= 11 is 0. The van der Waals surface area contributed by atoms with Crippen LogP contribution in [0.2, 0.25) is 0 Å².